The van der Waals surface area contributed by atoms with E-state index in [4.69, 9.17) is 4.98 Å². The summed E-state index contributed by atoms with van der Waals surface area (Å²) < 4.78 is 1.90. The quantitative estimate of drug-likeness (QED) is 0.687. The average Bonchev–Trinajstić information content (AvgIpc) is 2.79. The second-order valence-electron chi connectivity index (χ2n) is 5.96. The molecule has 3 heteroatoms. The molecule has 3 nitrogen and oxygen atoms in total. The van der Waals surface area contributed by atoms with E-state index >= 15 is 0 Å². The standard InChI is InChI=1S/C19H18N2O/c22-19-16-10-4-5-11-17(16)20-18-12-6-9-15(13-21(18)19)14-7-2-1-3-8-14/h1-5,7-8,10-11,15H,6,9,12-13H2. The van der Waals surface area contributed by atoms with Crippen LogP contribution in [0.3, 0.4) is 0 Å². The zero-order valence-corrected chi connectivity index (χ0v) is 12.4. The van der Waals surface area contributed by atoms with Gasteiger partial charge in [0.1, 0.15) is 5.82 Å². The minimum absolute atomic E-state index is 0.100. The Morgan fingerprint density at radius 1 is 1.00 bits per heavy atom. The van der Waals surface area contributed by atoms with Crippen molar-refractivity contribution >= 4 is 10.9 Å². The minimum Gasteiger partial charge on any atom is -0.296 e. The summed E-state index contributed by atoms with van der Waals surface area (Å²) in [5.41, 5.74) is 2.23. The third kappa shape index (κ3) is 2.23. The lowest BCUT2D eigenvalue weighted by atomic mass is 9.94. The fourth-order valence-corrected chi connectivity index (χ4v) is 3.41. The molecule has 1 aliphatic heterocycles. The van der Waals surface area contributed by atoms with Gasteiger partial charge in [0, 0.05) is 18.9 Å². The van der Waals surface area contributed by atoms with Crippen LogP contribution in [0.5, 0.6) is 0 Å². The van der Waals surface area contributed by atoms with Crippen LogP contribution in [-0.2, 0) is 13.0 Å². The smallest absolute Gasteiger partial charge is 0.261 e. The van der Waals surface area contributed by atoms with Crippen LogP contribution in [0.15, 0.2) is 59.4 Å². The van der Waals surface area contributed by atoms with Crippen molar-refractivity contribution in [2.24, 2.45) is 0 Å². The van der Waals surface area contributed by atoms with Crippen molar-refractivity contribution in [3.8, 4) is 0 Å². The van der Waals surface area contributed by atoms with Gasteiger partial charge in [0.25, 0.3) is 5.56 Å². The zero-order valence-electron chi connectivity index (χ0n) is 12.4. The molecule has 1 aliphatic rings. The van der Waals surface area contributed by atoms with Crippen LogP contribution in [-0.4, -0.2) is 9.55 Å². The molecule has 1 atom stereocenters. The number of aryl methyl sites for hydroxylation is 1. The summed E-state index contributed by atoms with van der Waals surface area (Å²) in [7, 11) is 0. The highest BCUT2D eigenvalue weighted by molar-refractivity contribution is 5.77. The van der Waals surface area contributed by atoms with Gasteiger partial charge >= 0.3 is 0 Å². The molecular weight excluding hydrogens is 272 g/mol. The molecule has 1 unspecified atom stereocenters. The summed E-state index contributed by atoms with van der Waals surface area (Å²) in [6.07, 6.45) is 3.05. The average molecular weight is 290 g/mol. The molecule has 0 bridgehead atoms. The topological polar surface area (TPSA) is 34.9 Å². The third-order valence-electron chi connectivity index (χ3n) is 4.57. The second-order valence-corrected chi connectivity index (χ2v) is 5.96. The Hall–Kier alpha value is -2.42. The van der Waals surface area contributed by atoms with Crippen LogP contribution in [0.1, 0.15) is 30.1 Å². The van der Waals surface area contributed by atoms with E-state index in [1.54, 1.807) is 0 Å². The molecule has 0 spiro atoms. The first kappa shape index (κ1) is 13.3. The molecule has 0 radical (unpaired) electrons. The molecule has 0 saturated heterocycles. The predicted molar refractivity (Wildman–Crippen MR) is 88.1 cm³/mol. The lowest BCUT2D eigenvalue weighted by Gasteiger charge is -2.17. The summed E-state index contributed by atoms with van der Waals surface area (Å²) in [6, 6.07) is 18.2. The van der Waals surface area contributed by atoms with Crippen LogP contribution in [0.4, 0.5) is 0 Å². The van der Waals surface area contributed by atoms with E-state index in [9.17, 15) is 4.79 Å². The molecule has 2 aromatic carbocycles. The number of fused-ring (bicyclic) bond motifs is 2. The molecule has 2 heterocycles. The van der Waals surface area contributed by atoms with Gasteiger partial charge in [0.05, 0.1) is 10.9 Å². The summed E-state index contributed by atoms with van der Waals surface area (Å²) in [5, 5.41) is 0.722. The Bertz CT molecular complexity index is 867. The van der Waals surface area contributed by atoms with E-state index in [1.807, 2.05) is 34.9 Å². The Kier molecular flexibility index (Phi) is 3.26. The highest BCUT2D eigenvalue weighted by Crippen LogP contribution is 2.27. The largest absolute Gasteiger partial charge is 0.296 e. The molecule has 4 rings (SSSR count). The molecule has 3 aromatic rings. The second kappa shape index (κ2) is 5.41. The summed E-state index contributed by atoms with van der Waals surface area (Å²) in [6.45, 7) is 0.732. The molecule has 110 valence electrons. The van der Waals surface area contributed by atoms with Crippen molar-refractivity contribution in [1.82, 2.24) is 9.55 Å². The van der Waals surface area contributed by atoms with E-state index in [2.05, 4.69) is 24.3 Å². The third-order valence-corrected chi connectivity index (χ3v) is 4.57. The van der Waals surface area contributed by atoms with Crippen molar-refractivity contribution in [1.29, 1.82) is 0 Å². The van der Waals surface area contributed by atoms with E-state index < -0.39 is 0 Å². The van der Waals surface area contributed by atoms with Gasteiger partial charge in [-0.15, -0.1) is 0 Å². The number of rotatable bonds is 1. The van der Waals surface area contributed by atoms with Gasteiger partial charge in [-0.2, -0.15) is 0 Å². The molecule has 1 aromatic heterocycles. The molecule has 0 aliphatic carbocycles. The summed E-state index contributed by atoms with van der Waals surface area (Å²) in [5.74, 6) is 1.32. The monoisotopic (exact) mass is 290 g/mol. The first-order valence-corrected chi connectivity index (χ1v) is 7.86. The highest BCUT2D eigenvalue weighted by Gasteiger charge is 2.20. The lowest BCUT2D eigenvalue weighted by Crippen LogP contribution is -2.26. The highest BCUT2D eigenvalue weighted by atomic mass is 16.1. The summed E-state index contributed by atoms with van der Waals surface area (Å²) in [4.78, 5) is 17.6. The van der Waals surface area contributed by atoms with Gasteiger partial charge in [-0.1, -0.05) is 42.5 Å². The lowest BCUT2D eigenvalue weighted by molar-refractivity contribution is 0.532. The molecule has 0 saturated carbocycles. The maximum Gasteiger partial charge on any atom is 0.261 e. The number of hydrogen-bond donors (Lipinski definition) is 0. The number of para-hydroxylation sites is 1. The predicted octanol–water partition coefficient (Wildman–Crippen LogP) is 3.52. The Morgan fingerprint density at radius 3 is 2.64 bits per heavy atom. The molecule has 0 fully saturated rings. The normalized spacial score (nSPS) is 17.9. The van der Waals surface area contributed by atoms with Gasteiger partial charge in [0.2, 0.25) is 0 Å². The van der Waals surface area contributed by atoms with Gasteiger partial charge in [-0.3, -0.25) is 9.36 Å². The van der Waals surface area contributed by atoms with E-state index in [-0.39, 0.29) is 5.56 Å². The Labute approximate surface area is 129 Å². The zero-order chi connectivity index (χ0) is 14.9. The van der Waals surface area contributed by atoms with Crippen LogP contribution in [0, 0.1) is 0 Å². The van der Waals surface area contributed by atoms with Crippen LogP contribution < -0.4 is 5.56 Å². The Morgan fingerprint density at radius 2 is 1.77 bits per heavy atom. The van der Waals surface area contributed by atoms with Gasteiger partial charge < -0.3 is 0 Å². The Balaban J connectivity index is 1.84. The first-order chi connectivity index (χ1) is 10.8. The van der Waals surface area contributed by atoms with Crippen LogP contribution >= 0.6 is 0 Å². The molecule has 0 N–H and O–H groups in total. The maximum atomic E-state index is 12.8. The molecule has 0 amide bonds. The summed E-state index contributed by atoms with van der Waals surface area (Å²) >= 11 is 0. The fourth-order valence-electron chi connectivity index (χ4n) is 3.41. The SMILES string of the molecule is O=c1c2ccccc2nc2n1CC(c1ccccc1)CCC2. The first-order valence-electron chi connectivity index (χ1n) is 7.86. The van der Waals surface area contributed by atoms with Gasteiger partial charge in [0.15, 0.2) is 0 Å². The molecule has 22 heavy (non-hydrogen) atoms. The van der Waals surface area contributed by atoms with Crippen molar-refractivity contribution in [2.75, 3.05) is 0 Å². The van der Waals surface area contributed by atoms with Crippen molar-refractivity contribution in [3.05, 3.63) is 76.3 Å². The van der Waals surface area contributed by atoms with Crippen LogP contribution in [0.25, 0.3) is 10.9 Å². The number of hydrogen-bond acceptors (Lipinski definition) is 2. The molecular formula is C19H18N2O. The van der Waals surface area contributed by atoms with E-state index in [0.29, 0.717) is 5.92 Å². The number of nitrogens with zero attached hydrogens (tertiary/aromatic N) is 2. The van der Waals surface area contributed by atoms with Gasteiger partial charge in [-0.25, -0.2) is 4.98 Å². The van der Waals surface area contributed by atoms with E-state index in [1.165, 1.54) is 5.56 Å². The van der Waals surface area contributed by atoms with Gasteiger partial charge in [-0.05, 0) is 30.5 Å². The van der Waals surface area contributed by atoms with Crippen molar-refractivity contribution in [3.63, 3.8) is 0 Å². The minimum atomic E-state index is 0.100. The van der Waals surface area contributed by atoms with E-state index in [0.717, 1.165) is 42.5 Å². The van der Waals surface area contributed by atoms with Crippen molar-refractivity contribution < 1.29 is 0 Å². The van der Waals surface area contributed by atoms with Crippen LogP contribution in [0.2, 0.25) is 0 Å². The fraction of sp³-hybridized carbons (Fsp3) is 0.263. The number of aromatic nitrogens is 2. The van der Waals surface area contributed by atoms with Crippen molar-refractivity contribution in [2.45, 2.75) is 31.7 Å². The number of benzene rings is 2. The maximum absolute atomic E-state index is 12.8.